The molecule has 2 aromatic rings. The molecule has 0 bridgehead atoms. The Hall–Kier alpha value is -1.59. The van der Waals surface area contributed by atoms with Crippen LogP contribution >= 0.6 is 15.9 Å². The zero-order valence-electron chi connectivity index (χ0n) is 11.5. The van der Waals surface area contributed by atoms with Crippen LogP contribution in [0.15, 0.2) is 40.9 Å². The van der Waals surface area contributed by atoms with Crippen LogP contribution in [0.4, 0.5) is 4.39 Å². The first-order valence-electron chi connectivity index (χ1n) is 6.63. The first-order valence-corrected chi connectivity index (χ1v) is 7.43. The van der Waals surface area contributed by atoms with Gasteiger partial charge in [0.15, 0.2) is 0 Å². The molecule has 1 aliphatic heterocycles. The second-order valence-electron chi connectivity index (χ2n) is 5.02. The first-order chi connectivity index (χ1) is 10.1. The van der Waals surface area contributed by atoms with Gasteiger partial charge in [-0.15, -0.1) is 0 Å². The minimum atomic E-state index is -0.405. The average molecular weight is 352 g/mol. The van der Waals surface area contributed by atoms with Gasteiger partial charge in [-0.25, -0.2) is 4.39 Å². The van der Waals surface area contributed by atoms with E-state index in [4.69, 9.17) is 15.2 Å². The van der Waals surface area contributed by atoms with Crippen LogP contribution < -0.4 is 15.2 Å². The fourth-order valence-electron chi connectivity index (χ4n) is 2.56. The highest BCUT2D eigenvalue weighted by molar-refractivity contribution is 9.10. The Morgan fingerprint density at radius 1 is 1.24 bits per heavy atom. The molecule has 0 spiro atoms. The second kappa shape index (κ2) is 5.66. The quantitative estimate of drug-likeness (QED) is 0.884. The highest BCUT2D eigenvalue weighted by Gasteiger charge is 2.29. The van der Waals surface area contributed by atoms with E-state index < -0.39 is 6.10 Å². The lowest BCUT2D eigenvalue weighted by atomic mass is 9.93. The van der Waals surface area contributed by atoms with E-state index in [1.807, 2.05) is 12.1 Å². The van der Waals surface area contributed by atoms with Gasteiger partial charge in [0.05, 0.1) is 7.11 Å². The molecule has 2 unspecified atom stereocenters. The zero-order chi connectivity index (χ0) is 15.0. The smallest absolute Gasteiger partial charge is 0.130 e. The van der Waals surface area contributed by atoms with Crippen molar-refractivity contribution in [3.63, 3.8) is 0 Å². The third-order valence-corrected chi connectivity index (χ3v) is 4.16. The number of nitrogens with two attached hydrogens (primary N) is 1. The summed E-state index contributed by atoms with van der Waals surface area (Å²) in [5.74, 6) is 1.05. The van der Waals surface area contributed by atoms with Crippen molar-refractivity contribution in [1.29, 1.82) is 0 Å². The van der Waals surface area contributed by atoms with Crippen molar-refractivity contribution < 1.29 is 13.9 Å². The van der Waals surface area contributed by atoms with Crippen LogP contribution in [0.2, 0.25) is 0 Å². The number of benzene rings is 2. The minimum absolute atomic E-state index is 0.192. The molecule has 0 saturated carbocycles. The van der Waals surface area contributed by atoms with E-state index >= 15 is 0 Å². The highest BCUT2D eigenvalue weighted by atomic mass is 79.9. The molecule has 0 amide bonds. The zero-order valence-corrected chi connectivity index (χ0v) is 13.1. The van der Waals surface area contributed by atoms with E-state index in [9.17, 15) is 4.39 Å². The van der Waals surface area contributed by atoms with Gasteiger partial charge >= 0.3 is 0 Å². The van der Waals surface area contributed by atoms with E-state index in [1.54, 1.807) is 25.3 Å². The van der Waals surface area contributed by atoms with Gasteiger partial charge in [-0.3, -0.25) is 0 Å². The standard InChI is InChI=1S/C16H15BrFNO2/c1-20-10-3-4-11-14(19)8-16(21-15(11)7-10)12-6-9(17)2-5-13(12)18/h2-7,14,16H,8,19H2,1H3. The Kier molecular flexibility index (Phi) is 3.87. The van der Waals surface area contributed by atoms with E-state index in [-0.39, 0.29) is 11.9 Å². The van der Waals surface area contributed by atoms with E-state index in [2.05, 4.69) is 15.9 Å². The SMILES string of the molecule is COc1ccc2c(c1)OC(c1cc(Br)ccc1F)CC2N. The number of hydrogen-bond donors (Lipinski definition) is 1. The van der Waals surface area contributed by atoms with Crippen molar-refractivity contribution in [3.8, 4) is 11.5 Å². The Labute approximate surface area is 131 Å². The van der Waals surface area contributed by atoms with Gasteiger partial charge in [-0.2, -0.15) is 0 Å². The molecule has 2 N–H and O–H groups in total. The minimum Gasteiger partial charge on any atom is -0.497 e. The maximum atomic E-state index is 14.0. The number of hydrogen-bond acceptors (Lipinski definition) is 3. The summed E-state index contributed by atoms with van der Waals surface area (Å²) in [7, 11) is 1.59. The molecule has 110 valence electrons. The summed E-state index contributed by atoms with van der Waals surface area (Å²) in [4.78, 5) is 0. The summed E-state index contributed by atoms with van der Waals surface area (Å²) in [6.45, 7) is 0. The van der Waals surface area contributed by atoms with Crippen molar-refractivity contribution in [1.82, 2.24) is 0 Å². The third-order valence-electron chi connectivity index (χ3n) is 3.66. The van der Waals surface area contributed by atoms with Gasteiger partial charge in [0.1, 0.15) is 23.4 Å². The number of halogens is 2. The van der Waals surface area contributed by atoms with Crippen LogP contribution in [-0.4, -0.2) is 7.11 Å². The van der Waals surface area contributed by atoms with Gasteiger partial charge in [-0.05, 0) is 24.3 Å². The molecule has 1 heterocycles. The Balaban J connectivity index is 1.98. The molecule has 21 heavy (non-hydrogen) atoms. The number of fused-ring (bicyclic) bond motifs is 1. The summed E-state index contributed by atoms with van der Waals surface area (Å²) in [5, 5.41) is 0. The lowest BCUT2D eigenvalue weighted by Crippen LogP contribution is -2.24. The van der Waals surface area contributed by atoms with Gasteiger partial charge in [-0.1, -0.05) is 22.0 Å². The monoisotopic (exact) mass is 351 g/mol. The van der Waals surface area contributed by atoms with Gasteiger partial charge in [0.2, 0.25) is 0 Å². The average Bonchev–Trinajstić information content (AvgIpc) is 2.49. The number of methoxy groups -OCH3 is 1. The Morgan fingerprint density at radius 2 is 2.05 bits per heavy atom. The summed E-state index contributed by atoms with van der Waals surface area (Å²) in [5.41, 5.74) is 7.63. The van der Waals surface area contributed by atoms with Crippen molar-refractivity contribution in [3.05, 3.63) is 57.8 Å². The lowest BCUT2D eigenvalue weighted by molar-refractivity contribution is 0.156. The van der Waals surface area contributed by atoms with Crippen LogP contribution in [0.5, 0.6) is 11.5 Å². The van der Waals surface area contributed by atoms with Crippen molar-refractivity contribution in [2.75, 3.05) is 7.11 Å². The van der Waals surface area contributed by atoms with Crippen LogP contribution in [0.25, 0.3) is 0 Å². The van der Waals surface area contributed by atoms with Gasteiger partial charge in [0.25, 0.3) is 0 Å². The Morgan fingerprint density at radius 3 is 2.81 bits per heavy atom. The van der Waals surface area contributed by atoms with E-state index in [0.29, 0.717) is 23.5 Å². The number of rotatable bonds is 2. The molecule has 0 radical (unpaired) electrons. The molecule has 0 aromatic heterocycles. The molecule has 0 aliphatic carbocycles. The first kappa shape index (κ1) is 14.4. The molecule has 0 fully saturated rings. The lowest BCUT2D eigenvalue weighted by Gasteiger charge is -2.31. The summed E-state index contributed by atoms with van der Waals surface area (Å²) >= 11 is 3.36. The number of ether oxygens (including phenoxy) is 2. The molecule has 2 aromatic carbocycles. The van der Waals surface area contributed by atoms with Crippen molar-refractivity contribution in [2.45, 2.75) is 18.6 Å². The largest absolute Gasteiger partial charge is 0.497 e. The molecule has 3 nitrogen and oxygen atoms in total. The second-order valence-corrected chi connectivity index (χ2v) is 5.93. The summed E-state index contributed by atoms with van der Waals surface area (Å²) in [6, 6.07) is 10.2. The van der Waals surface area contributed by atoms with Crippen molar-refractivity contribution >= 4 is 15.9 Å². The van der Waals surface area contributed by atoms with Gasteiger partial charge < -0.3 is 15.2 Å². The fraction of sp³-hybridized carbons (Fsp3) is 0.250. The predicted molar refractivity (Wildman–Crippen MR) is 82.0 cm³/mol. The Bertz CT molecular complexity index is 677. The highest BCUT2D eigenvalue weighted by Crippen LogP contribution is 2.42. The molecule has 1 aliphatic rings. The normalized spacial score (nSPS) is 20.6. The van der Waals surface area contributed by atoms with Crippen LogP contribution in [0, 0.1) is 5.82 Å². The molecule has 3 rings (SSSR count). The molecular formula is C16H15BrFNO2. The summed E-state index contributed by atoms with van der Waals surface area (Å²) < 4.78 is 26.0. The van der Waals surface area contributed by atoms with Gasteiger partial charge in [0, 0.05) is 34.1 Å². The fourth-order valence-corrected chi connectivity index (χ4v) is 2.94. The van der Waals surface area contributed by atoms with Crippen LogP contribution in [0.3, 0.4) is 0 Å². The predicted octanol–water partition coefficient (Wildman–Crippen LogP) is 4.12. The molecular weight excluding hydrogens is 337 g/mol. The van der Waals surface area contributed by atoms with E-state index in [0.717, 1.165) is 10.0 Å². The molecule has 5 heteroatoms. The van der Waals surface area contributed by atoms with E-state index in [1.165, 1.54) is 6.07 Å². The van der Waals surface area contributed by atoms with Crippen LogP contribution in [0.1, 0.15) is 29.7 Å². The van der Waals surface area contributed by atoms with Crippen LogP contribution in [-0.2, 0) is 0 Å². The maximum Gasteiger partial charge on any atom is 0.130 e. The maximum absolute atomic E-state index is 14.0. The summed E-state index contributed by atoms with van der Waals surface area (Å²) in [6.07, 6.45) is 0.129. The van der Waals surface area contributed by atoms with Crippen molar-refractivity contribution in [2.24, 2.45) is 5.73 Å². The molecule has 2 atom stereocenters. The topological polar surface area (TPSA) is 44.5 Å². The third kappa shape index (κ3) is 2.76. The molecule has 0 saturated heterocycles.